The Balaban J connectivity index is 2.34. The molecule has 117 valence electrons. The van der Waals surface area contributed by atoms with Gasteiger partial charge >= 0.3 is 17.9 Å². The number of ketones is 1. The number of carboxylic acid groups (broad SMARTS) is 3. The summed E-state index contributed by atoms with van der Waals surface area (Å²) in [5.41, 5.74) is 0. The number of carbonyl (C=O) groups is 4. The van der Waals surface area contributed by atoms with Gasteiger partial charge in [-0.05, 0) is 0 Å². The largest absolute Gasteiger partial charge is 0.480 e. The van der Waals surface area contributed by atoms with Crippen LogP contribution < -0.4 is 10.2 Å². The third-order valence-corrected chi connectivity index (χ3v) is 3.40. The molecule has 4 N–H and O–H groups in total. The molecule has 9 nitrogen and oxygen atoms in total. The van der Waals surface area contributed by atoms with E-state index in [2.05, 4.69) is 5.32 Å². The number of nitrogens with one attached hydrogen (secondary N) is 1. The summed E-state index contributed by atoms with van der Waals surface area (Å²) in [5, 5.41) is 28.9. The first kappa shape index (κ1) is 17.1. The SMILES string of the molecule is O=C(O)C(=O)CCNC(CC[N+]1CCC1C(=O)O)C(=O)O. The Morgan fingerprint density at radius 1 is 1.19 bits per heavy atom. The van der Waals surface area contributed by atoms with E-state index in [1.807, 2.05) is 0 Å². The van der Waals surface area contributed by atoms with Crippen molar-refractivity contribution in [3.8, 4) is 0 Å². The lowest BCUT2D eigenvalue weighted by Gasteiger charge is -2.27. The van der Waals surface area contributed by atoms with Gasteiger partial charge < -0.3 is 20.6 Å². The van der Waals surface area contributed by atoms with Gasteiger partial charge in [0.2, 0.25) is 11.8 Å². The first-order valence-electron chi connectivity index (χ1n) is 6.52. The molecule has 0 aromatic rings. The van der Waals surface area contributed by atoms with Crippen molar-refractivity contribution in [2.45, 2.75) is 31.3 Å². The van der Waals surface area contributed by atoms with Crippen LogP contribution in [0.15, 0.2) is 0 Å². The minimum absolute atomic E-state index is 0.0511. The summed E-state index contributed by atoms with van der Waals surface area (Å²) in [6, 6.07) is -1.50. The van der Waals surface area contributed by atoms with Crippen molar-refractivity contribution in [2.75, 3.05) is 19.6 Å². The topological polar surface area (TPSA) is 147 Å². The molecular weight excluding hydrogens is 284 g/mol. The predicted molar refractivity (Wildman–Crippen MR) is 69.2 cm³/mol. The molecule has 1 fully saturated rings. The Labute approximate surface area is 120 Å². The zero-order valence-electron chi connectivity index (χ0n) is 11.3. The molecule has 2 unspecified atom stereocenters. The maximum atomic E-state index is 11.0. The number of carbonyl (C=O) groups excluding carboxylic acids is 1. The van der Waals surface area contributed by atoms with Gasteiger partial charge in [-0.3, -0.25) is 9.59 Å². The van der Waals surface area contributed by atoms with Crippen LogP contribution in [-0.2, 0) is 19.2 Å². The summed E-state index contributed by atoms with van der Waals surface area (Å²) in [6.45, 7) is 0.874. The Morgan fingerprint density at radius 2 is 1.86 bits per heavy atom. The standard InChI is InChI=1S/C12H18N2O7/c15-9(12(20)21)1-4-13-7(10(16)17)2-5-14-6-3-8(14)11(18)19/h7-8,13H,1-6H2,(H,16,17)(H,18,19)(H,20,21)/q+1. The number of hydrogen-bond donors (Lipinski definition) is 4. The molecule has 2 atom stereocenters. The van der Waals surface area contributed by atoms with E-state index in [0.717, 1.165) is 0 Å². The van der Waals surface area contributed by atoms with Crippen molar-refractivity contribution in [1.82, 2.24) is 10.2 Å². The number of aliphatic carboxylic acids is 3. The molecule has 9 heteroatoms. The van der Waals surface area contributed by atoms with Crippen molar-refractivity contribution in [3.63, 3.8) is 0 Å². The van der Waals surface area contributed by atoms with Crippen LogP contribution in [0.4, 0.5) is 0 Å². The highest BCUT2D eigenvalue weighted by molar-refractivity contribution is 6.32. The fraction of sp³-hybridized carbons (Fsp3) is 0.667. The lowest BCUT2D eigenvalue weighted by Crippen LogP contribution is -2.58. The normalized spacial score (nSPS) is 19.5. The quantitative estimate of drug-likeness (QED) is 0.280. The second-order valence-electron chi connectivity index (χ2n) is 4.79. The lowest BCUT2D eigenvalue weighted by molar-refractivity contribution is -0.149. The summed E-state index contributed by atoms with van der Waals surface area (Å²) >= 11 is 0. The number of likely N-dealkylation sites (tertiary alicyclic amines) is 1. The number of carboxylic acids is 3. The zero-order valence-corrected chi connectivity index (χ0v) is 11.3. The second-order valence-corrected chi connectivity index (χ2v) is 4.79. The monoisotopic (exact) mass is 302 g/mol. The average molecular weight is 302 g/mol. The van der Waals surface area contributed by atoms with Crippen LogP contribution in [0.3, 0.4) is 0 Å². The Bertz CT molecular complexity index is 437. The van der Waals surface area contributed by atoms with Gasteiger partial charge in [0.05, 0.1) is 6.42 Å². The van der Waals surface area contributed by atoms with Crippen molar-refractivity contribution < 1.29 is 34.5 Å². The first-order valence-corrected chi connectivity index (χ1v) is 6.52. The lowest BCUT2D eigenvalue weighted by atomic mass is 10.0. The van der Waals surface area contributed by atoms with E-state index in [1.165, 1.54) is 0 Å². The Morgan fingerprint density at radius 3 is 2.29 bits per heavy atom. The van der Waals surface area contributed by atoms with Crippen molar-refractivity contribution in [3.05, 3.63) is 0 Å². The molecule has 1 saturated heterocycles. The van der Waals surface area contributed by atoms with E-state index in [0.29, 0.717) is 19.5 Å². The van der Waals surface area contributed by atoms with Crippen LogP contribution in [0.1, 0.15) is 19.3 Å². The zero-order chi connectivity index (χ0) is 16.0. The fourth-order valence-electron chi connectivity index (χ4n) is 2.06. The third kappa shape index (κ3) is 5.12. The number of rotatable bonds is 10. The molecule has 0 spiro atoms. The highest BCUT2D eigenvalue weighted by Crippen LogP contribution is 2.14. The van der Waals surface area contributed by atoms with Gasteiger partial charge in [0.25, 0.3) is 0 Å². The van der Waals surface area contributed by atoms with E-state index in [9.17, 15) is 19.2 Å². The van der Waals surface area contributed by atoms with Gasteiger partial charge in [-0.2, -0.15) is 4.90 Å². The van der Waals surface area contributed by atoms with Gasteiger partial charge in [-0.15, -0.1) is 0 Å². The third-order valence-electron chi connectivity index (χ3n) is 3.40. The molecule has 1 radical (unpaired) electrons. The van der Waals surface area contributed by atoms with Gasteiger partial charge in [-0.1, -0.05) is 0 Å². The maximum absolute atomic E-state index is 11.0. The van der Waals surface area contributed by atoms with Crippen LogP contribution in [-0.4, -0.2) is 70.7 Å². The Hall–Kier alpha value is -2.00. The minimum Gasteiger partial charge on any atom is -0.480 e. The molecule has 0 bridgehead atoms. The van der Waals surface area contributed by atoms with Crippen LogP contribution in [0, 0.1) is 0 Å². The highest BCUT2D eigenvalue weighted by Gasteiger charge is 2.44. The fourth-order valence-corrected chi connectivity index (χ4v) is 2.06. The van der Waals surface area contributed by atoms with Crippen LogP contribution in [0.5, 0.6) is 0 Å². The van der Waals surface area contributed by atoms with Crippen LogP contribution >= 0.6 is 0 Å². The molecule has 1 aliphatic heterocycles. The molecule has 21 heavy (non-hydrogen) atoms. The van der Waals surface area contributed by atoms with Gasteiger partial charge in [0.15, 0.2) is 0 Å². The predicted octanol–water partition coefficient (Wildman–Crippen LogP) is -1.54. The summed E-state index contributed by atoms with van der Waals surface area (Å²) in [5.74, 6) is -4.58. The van der Waals surface area contributed by atoms with Crippen molar-refractivity contribution in [1.29, 1.82) is 0 Å². The van der Waals surface area contributed by atoms with E-state index in [4.69, 9.17) is 15.3 Å². The molecule has 0 aromatic carbocycles. The summed E-state index contributed by atoms with van der Waals surface area (Å²) in [6.07, 6.45) is 0.439. The number of hydrogen-bond acceptors (Lipinski definition) is 6. The molecule has 1 aliphatic rings. The molecule has 0 amide bonds. The van der Waals surface area contributed by atoms with E-state index < -0.39 is 35.8 Å². The van der Waals surface area contributed by atoms with Crippen LogP contribution in [0.25, 0.3) is 0 Å². The Kier molecular flexibility index (Phi) is 6.25. The van der Waals surface area contributed by atoms with Gasteiger partial charge in [0, 0.05) is 19.4 Å². The molecule has 0 aromatic heterocycles. The first-order chi connectivity index (χ1) is 9.82. The molecule has 0 saturated carbocycles. The van der Waals surface area contributed by atoms with E-state index in [-0.39, 0.29) is 19.4 Å². The average Bonchev–Trinajstić information content (AvgIpc) is 2.34. The van der Waals surface area contributed by atoms with Crippen molar-refractivity contribution in [2.24, 2.45) is 0 Å². The second kappa shape index (κ2) is 7.70. The smallest absolute Gasteiger partial charge is 0.372 e. The summed E-state index contributed by atoms with van der Waals surface area (Å²) in [4.78, 5) is 44.7. The molecule has 1 heterocycles. The highest BCUT2D eigenvalue weighted by atomic mass is 16.4. The van der Waals surface area contributed by atoms with Gasteiger partial charge in [-0.25, -0.2) is 9.59 Å². The molecular formula is C12H18N2O7+. The minimum atomic E-state index is -1.55. The maximum Gasteiger partial charge on any atom is 0.372 e. The van der Waals surface area contributed by atoms with Gasteiger partial charge in [0.1, 0.15) is 19.1 Å². The summed E-state index contributed by atoms with van der Waals surface area (Å²) < 4.78 is 0. The van der Waals surface area contributed by atoms with Crippen LogP contribution in [0.2, 0.25) is 0 Å². The van der Waals surface area contributed by atoms with Crippen molar-refractivity contribution >= 4 is 23.7 Å². The summed E-state index contributed by atoms with van der Waals surface area (Å²) in [7, 11) is 0. The van der Waals surface area contributed by atoms with E-state index in [1.54, 1.807) is 4.90 Å². The number of nitrogens with zero attached hydrogens (tertiary/aromatic N) is 1. The van der Waals surface area contributed by atoms with E-state index >= 15 is 0 Å². The number of Topliss-reactive ketones (excluding diaryl/α,β-unsaturated/α-hetero) is 1. The molecule has 1 rings (SSSR count). The molecule has 0 aliphatic carbocycles.